The van der Waals surface area contributed by atoms with Crippen LogP contribution in [0.5, 0.6) is 5.19 Å². The molecule has 1 fully saturated rings. The SMILES string of the molecule is NCC1CC(Oc2ncns2)C1. The summed E-state index contributed by atoms with van der Waals surface area (Å²) in [6, 6.07) is 0. The van der Waals surface area contributed by atoms with E-state index in [0.29, 0.717) is 17.2 Å². The van der Waals surface area contributed by atoms with Gasteiger partial charge in [0, 0.05) is 11.5 Å². The molecule has 0 bridgehead atoms. The quantitative estimate of drug-likeness (QED) is 0.751. The van der Waals surface area contributed by atoms with E-state index in [9.17, 15) is 0 Å². The molecule has 0 spiro atoms. The topological polar surface area (TPSA) is 61.0 Å². The van der Waals surface area contributed by atoms with E-state index >= 15 is 0 Å². The van der Waals surface area contributed by atoms with E-state index in [0.717, 1.165) is 19.4 Å². The van der Waals surface area contributed by atoms with E-state index < -0.39 is 0 Å². The third kappa shape index (κ3) is 1.56. The molecule has 4 nitrogen and oxygen atoms in total. The Hall–Kier alpha value is -0.680. The van der Waals surface area contributed by atoms with Crippen LogP contribution in [-0.2, 0) is 0 Å². The second kappa shape index (κ2) is 3.37. The van der Waals surface area contributed by atoms with Crippen LogP contribution in [0.2, 0.25) is 0 Å². The molecular formula is C7H11N3OS. The molecule has 0 amide bonds. The first kappa shape index (κ1) is 7.94. The van der Waals surface area contributed by atoms with Gasteiger partial charge in [0.15, 0.2) is 0 Å². The highest BCUT2D eigenvalue weighted by Crippen LogP contribution is 2.30. The van der Waals surface area contributed by atoms with Crippen molar-refractivity contribution in [3.8, 4) is 5.19 Å². The molecule has 0 aliphatic heterocycles. The van der Waals surface area contributed by atoms with E-state index in [1.165, 1.54) is 17.9 Å². The second-order valence-electron chi connectivity index (χ2n) is 3.02. The molecular weight excluding hydrogens is 174 g/mol. The van der Waals surface area contributed by atoms with Gasteiger partial charge in [-0.3, -0.25) is 0 Å². The van der Waals surface area contributed by atoms with Crippen LogP contribution in [0, 0.1) is 5.92 Å². The molecule has 2 N–H and O–H groups in total. The standard InChI is InChI=1S/C7H11N3OS/c8-3-5-1-6(2-5)11-7-9-4-10-12-7/h4-6H,1-3,8H2. The first-order valence-corrected chi connectivity index (χ1v) is 4.79. The van der Waals surface area contributed by atoms with Gasteiger partial charge in [0.2, 0.25) is 0 Å². The summed E-state index contributed by atoms with van der Waals surface area (Å²) in [5.41, 5.74) is 5.49. The zero-order chi connectivity index (χ0) is 8.39. The molecule has 1 aliphatic rings. The molecule has 1 heterocycles. The number of hydrogen-bond donors (Lipinski definition) is 1. The average molecular weight is 185 g/mol. The Morgan fingerprint density at radius 3 is 3.08 bits per heavy atom. The van der Waals surface area contributed by atoms with E-state index in [1.807, 2.05) is 0 Å². The molecule has 1 aliphatic carbocycles. The highest BCUT2D eigenvalue weighted by atomic mass is 32.1. The lowest BCUT2D eigenvalue weighted by Gasteiger charge is -2.33. The lowest BCUT2D eigenvalue weighted by molar-refractivity contribution is 0.0688. The smallest absolute Gasteiger partial charge is 0.293 e. The van der Waals surface area contributed by atoms with Crippen LogP contribution in [0.15, 0.2) is 6.33 Å². The van der Waals surface area contributed by atoms with Crippen LogP contribution in [0.1, 0.15) is 12.8 Å². The molecule has 1 aromatic rings. The fourth-order valence-corrected chi connectivity index (χ4v) is 1.78. The molecule has 0 radical (unpaired) electrons. The van der Waals surface area contributed by atoms with Gasteiger partial charge >= 0.3 is 0 Å². The Morgan fingerprint density at radius 2 is 2.50 bits per heavy atom. The molecule has 0 atom stereocenters. The zero-order valence-electron chi connectivity index (χ0n) is 6.64. The number of aromatic nitrogens is 2. The van der Waals surface area contributed by atoms with E-state index in [4.69, 9.17) is 10.5 Å². The number of ether oxygens (including phenoxy) is 1. The summed E-state index contributed by atoms with van der Waals surface area (Å²) in [6.45, 7) is 0.774. The molecule has 2 rings (SSSR count). The molecule has 0 saturated heterocycles. The predicted octanol–water partition coefficient (Wildman–Crippen LogP) is 0.654. The number of nitrogens with zero attached hydrogens (tertiary/aromatic N) is 2. The summed E-state index contributed by atoms with van der Waals surface area (Å²) in [5, 5.41) is 0.676. The average Bonchev–Trinajstić information content (AvgIpc) is 2.47. The first-order chi connectivity index (χ1) is 5.88. The van der Waals surface area contributed by atoms with Gasteiger partial charge in [0.1, 0.15) is 12.4 Å². The van der Waals surface area contributed by atoms with Crippen molar-refractivity contribution in [2.75, 3.05) is 6.54 Å². The third-order valence-electron chi connectivity index (χ3n) is 2.13. The lowest BCUT2D eigenvalue weighted by Crippen LogP contribution is -2.37. The van der Waals surface area contributed by atoms with Gasteiger partial charge in [0.25, 0.3) is 5.19 Å². The van der Waals surface area contributed by atoms with Crippen LogP contribution in [0.3, 0.4) is 0 Å². The van der Waals surface area contributed by atoms with E-state index in [2.05, 4.69) is 9.36 Å². The van der Waals surface area contributed by atoms with Crippen molar-refractivity contribution in [2.45, 2.75) is 18.9 Å². The lowest BCUT2D eigenvalue weighted by atomic mass is 9.82. The van der Waals surface area contributed by atoms with E-state index in [-0.39, 0.29) is 0 Å². The minimum absolute atomic E-state index is 0.325. The molecule has 5 heteroatoms. The fraction of sp³-hybridized carbons (Fsp3) is 0.714. The summed E-state index contributed by atoms with van der Waals surface area (Å²) >= 11 is 1.29. The largest absolute Gasteiger partial charge is 0.466 e. The van der Waals surface area contributed by atoms with Gasteiger partial charge in [-0.05, 0) is 25.3 Å². The Balaban J connectivity index is 1.77. The maximum atomic E-state index is 5.51. The molecule has 0 unspecified atom stereocenters. The maximum absolute atomic E-state index is 5.51. The monoisotopic (exact) mass is 185 g/mol. The maximum Gasteiger partial charge on any atom is 0.293 e. The highest BCUT2D eigenvalue weighted by Gasteiger charge is 2.30. The van der Waals surface area contributed by atoms with Gasteiger partial charge in [-0.25, -0.2) is 0 Å². The van der Waals surface area contributed by atoms with Gasteiger partial charge < -0.3 is 10.5 Å². The summed E-state index contributed by atoms with van der Waals surface area (Å²) < 4.78 is 9.37. The Kier molecular flexibility index (Phi) is 2.23. The van der Waals surface area contributed by atoms with Crippen molar-refractivity contribution < 1.29 is 4.74 Å². The summed E-state index contributed by atoms with van der Waals surface area (Å²) in [6.07, 6.45) is 3.97. The minimum atomic E-state index is 0.325. The molecule has 66 valence electrons. The van der Waals surface area contributed by atoms with Crippen molar-refractivity contribution in [1.29, 1.82) is 0 Å². The first-order valence-electron chi connectivity index (χ1n) is 4.02. The molecule has 1 aromatic heterocycles. The summed E-state index contributed by atoms with van der Waals surface area (Å²) in [5.74, 6) is 0.655. The van der Waals surface area contributed by atoms with Crippen LogP contribution >= 0.6 is 11.5 Å². The van der Waals surface area contributed by atoms with Crippen molar-refractivity contribution in [2.24, 2.45) is 11.7 Å². The highest BCUT2D eigenvalue weighted by molar-refractivity contribution is 7.07. The van der Waals surface area contributed by atoms with Crippen LogP contribution in [0.4, 0.5) is 0 Å². The van der Waals surface area contributed by atoms with Crippen molar-refractivity contribution >= 4 is 11.5 Å². The third-order valence-corrected chi connectivity index (χ3v) is 2.69. The summed E-state index contributed by atoms with van der Waals surface area (Å²) in [7, 11) is 0. The van der Waals surface area contributed by atoms with E-state index in [1.54, 1.807) is 0 Å². The van der Waals surface area contributed by atoms with Crippen molar-refractivity contribution in [3.63, 3.8) is 0 Å². The van der Waals surface area contributed by atoms with Gasteiger partial charge in [-0.2, -0.15) is 9.36 Å². The normalized spacial score (nSPS) is 28.1. The number of hydrogen-bond acceptors (Lipinski definition) is 5. The van der Waals surface area contributed by atoms with Crippen molar-refractivity contribution in [3.05, 3.63) is 6.33 Å². The van der Waals surface area contributed by atoms with Gasteiger partial charge in [0.05, 0.1) is 0 Å². The molecule has 0 aromatic carbocycles. The van der Waals surface area contributed by atoms with Crippen molar-refractivity contribution in [1.82, 2.24) is 9.36 Å². The number of rotatable bonds is 3. The van der Waals surface area contributed by atoms with Crippen LogP contribution in [0.25, 0.3) is 0 Å². The molecule has 1 saturated carbocycles. The van der Waals surface area contributed by atoms with Gasteiger partial charge in [-0.15, -0.1) is 0 Å². The minimum Gasteiger partial charge on any atom is -0.466 e. The Morgan fingerprint density at radius 1 is 1.67 bits per heavy atom. The van der Waals surface area contributed by atoms with Crippen LogP contribution < -0.4 is 10.5 Å². The van der Waals surface area contributed by atoms with Gasteiger partial charge in [-0.1, -0.05) is 0 Å². The second-order valence-corrected chi connectivity index (χ2v) is 3.76. The Labute approximate surface area is 74.9 Å². The number of nitrogens with two attached hydrogens (primary N) is 1. The summed E-state index contributed by atoms with van der Waals surface area (Å²) in [4.78, 5) is 3.94. The predicted molar refractivity (Wildman–Crippen MR) is 46.1 cm³/mol. The fourth-order valence-electron chi connectivity index (χ4n) is 1.32. The zero-order valence-corrected chi connectivity index (χ0v) is 7.46. The Bertz CT molecular complexity index is 233. The van der Waals surface area contributed by atoms with Crippen LogP contribution in [-0.4, -0.2) is 22.0 Å². The molecule has 12 heavy (non-hydrogen) atoms.